The van der Waals surface area contributed by atoms with Crippen LogP contribution in [0.1, 0.15) is 23.6 Å². The van der Waals surface area contributed by atoms with E-state index >= 15 is 0 Å². The summed E-state index contributed by atoms with van der Waals surface area (Å²) in [5, 5.41) is 3.24. The molecular weight excluding hydrogens is 217 g/mol. The smallest absolute Gasteiger partial charge is 0.223 e. The zero-order chi connectivity index (χ0) is 11.7. The van der Waals surface area contributed by atoms with Gasteiger partial charge in [0.2, 0.25) is 5.95 Å². The maximum absolute atomic E-state index is 13.5. The van der Waals surface area contributed by atoms with Crippen molar-refractivity contribution in [2.75, 3.05) is 5.32 Å². The second-order valence-electron chi connectivity index (χ2n) is 4.12. The molecule has 0 aliphatic heterocycles. The summed E-state index contributed by atoms with van der Waals surface area (Å²) in [4.78, 5) is 8.24. The van der Waals surface area contributed by atoms with Crippen molar-refractivity contribution in [2.45, 2.75) is 18.9 Å². The Bertz CT molecular complexity index is 527. The van der Waals surface area contributed by atoms with Gasteiger partial charge in [0.25, 0.3) is 0 Å². The zero-order valence-corrected chi connectivity index (χ0v) is 9.23. The molecule has 1 aliphatic rings. The Hall–Kier alpha value is -1.97. The van der Waals surface area contributed by atoms with Crippen molar-refractivity contribution in [1.29, 1.82) is 0 Å². The lowest BCUT2D eigenvalue weighted by Crippen LogP contribution is -2.09. The Morgan fingerprint density at radius 1 is 1.18 bits per heavy atom. The van der Waals surface area contributed by atoms with E-state index in [1.54, 1.807) is 24.5 Å². The number of nitrogens with one attached hydrogen (secondary N) is 1. The highest BCUT2D eigenvalue weighted by molar-refractivity contribution is 5.41. The van der Waals surface area contributed by atoms with E-state index in [9.17, 15) is 4.39 Å². The lowest BCUT2D eigenvalue weighted by atomic mass is 10.1. The lowest BCUT2D eigenvalue weighted by Gasteiger charge is -2.13. The van der Waals surface area contributed by atoms with E-state index < -0.39 is 0 Å². The molecule has 0 fully saturated rings. The van der Waals surface area contributed by atoms with Gasteiger partial charge < -0.3 is 5.32 Å². The van der Waals surface area contributed by atoms with E-state index in [1.807, 2.05) is 6.07 Å². The minimum Gasteiger partial charge on any atom is -0.347 e. The average molecular weight is 229 g/mol. The van der Waals surface area contributed by atoms with Crippen LogP contribution in [0.4, 0.5) is 10.3 Å². The number of hydrogen-bond donors (Lipinski definition) is 1. The first-order chi connectivity index (χ1) is 8.34. The van der Waals surface area contributed by atoms with Crippen molar-refractivity contribution in [2.24, 2.45) is 0 Å². The standard InChI is InChI=1S/C13H12FN3/c14-11-4-1-3-10-9(11)5-6-12(10)17-13-15-7-2-8-16-13/h1-4,7-8,12H,5-6H2,(H,15,16,17)/t12-/m0/s1. The minimum atomic E-state index is -0.110. The van der Waals surface area contributed by atoms with Gasteiger partial charge >= 0.3 is 0 Å². The summed E-state index contributed by atoms with van der Waals surface area (Å²) in [6.07, 6.45) is 5.04. The van der Waals surface area contributed by atoms with E-state index in [4.69, 9.17) is 0 Å². The maximum Gasteiger partial charge on any atom is 0.223 e. The van der Waals surface area contributed by atoms with Crippen LogP contribution in [0.2, 0.25) is 0 Å². The minimum absolute atomic E-state index is 0.110. The summed E-state index contributed by atoms with van der Waals surface area (Å²) < 4.78 is 13.5. The second kappa shape index (κ2) is 4.13. The predicted molar refractivity (Wildman–Crippen MR) is 63.1 cm³/mol. The van der Waals surface area contributed by atoms with Gasteiger partial charge in [0, 0.05) is 12.4 Å². The molecule has 1 heterocycles. The normalized spacial score (nSPS) is 17.8. The Kier molecular flexibility index (Phi) is 2.48. The quantitative estimate of drug-likeness (QED) is 0.860. The third kappa shape index (κ3) is 1.86. The molecule has 1 aliphatic carbocycles. The molecule has 17 heavy (non-hydrogen) atoms. The van der Waals surface area contributed by atoms with Crippen LogP contribution in [0.15, 0.2) is 36.7 Å². The molecule has 0 saturated heterocycles. The van der Waals surface area contributed by atoms with Crippen LogP contribution in [0.25, 0.3) is 0 Å². The molecule has 86 valence electrons. The molecule has 0 radical (unpaired) electrons. The van der Waals surface area contributed by atoms with Crippen LogP contribution in [0.5, 0.6) is 0 Å². The van der Waals surface area contributed by atoms with Crippen molar-refractivity contribution in [3.63, 3.8) is 0 Å². The molecule has 1 atom stereocenters. The van der Waals surface area contributed by atoms with Crippen molar-refractivity contribution in [3.8, 4) is 0 Å². The predicted octanol–water partition coefficient (Wildman–Crippen LogP) is 2.72. The largest absolute Gasteiger partial charge is 0.347 e. The number of fused-ring (bicyclic) bond motifs is 1. The fourth-order valence-corrected chi connectivity index (χ4v) is 2.29. The fraction of sp³-hybridized carbons (Fsp3) is 0.231. The lowest BCUT2D eigenvalue weighted by molar-refractivity contribution is 0.612. The number of hydrogen-bond acceptors (Lipinski definition) is 3. The van der Waals surface area contributed by atoms with Crippen LogP contribution < -0.4 is 5.32 Å². The van der Waals surface area contributed by atoms with Crippen LogP contribution in [0, 0.1) is 5.82 Å². The van der Waals surface area contributed by atoms with Crippen molar-refractivity contribution >= 4 is 5.95 Å². The number of anilines is 1. The molecule has 3 rings (SSSR count). The molecule has 0 spiro atoms. The van der Waals surface area contributed by atoms with Crippen molar-refractivity contribution < 1.29 is 4.39 Å². The van der Waals surface area contributed by atoms with Gasteiger partial charge in [-0.3, -0.25) is 0 Å². The van der Waals surface area contributed by atoms with Gasteiger partial charge in [0.1, 0.15) is 5.82 Å². The average Bonchev–Trinajstić information content (AvgIpc) is 2.76. The van der Waals surface area contributed by atoms with Gasteiger partial charge in [0.05, 0.1) is 6.04 Å². The Labute approximate surface area is 98.7 Å². The molecule has 0 saturated carbocycles. The SMILES string of the molecule is Fc1cccc2c1CC[C@@H]2Nc1ncccn1. The van der Waals surface area contributed by atoms with Crippen LogP contribution in [-0.2, 0) is 6.42 Å². The molecule has 1 aromatic heterocycles. The van der Waals surface area contributed by atoms with Gasteiger partial charge in [-0.2, -0.15) is 0 Å². The van der Waals surface area contributed by atoms with Gasteiger partial charge in [-0.25, -0.2) is 14.4 Å². The van der Waals surface area contributed by atoms with Gasteiger partial charge in [-0.15, -0.1) is 0 Å². The maximum atomic E-state index is 13.5. The molecule has 1 N–H and O–H groups in total. The van der Waals surface area contributed by atoms with Crippen LogP contribution >= 0.6 is 0 Å². The van der Waals surface area contributed by atoms with Gasteiger partial charge in [-0.05, 0) is 36.1 Å². The first kappa shape index (κ1) is 10.2. The first-order valence-corrected chi connectivity index (χ1v) is 5.65. The topological polar surface area (TPSA) is 37.8 Å². The summed E-state index contributed by atoms with van der Waals surface area (Å²) >= 11 is 0. The highest BCUT2D eigenvalue weighted by atomic mass is 19.1. The number of halogens is 1. The molecule has 1 aromatic carbocycles. The first-order valence-electron chi connectivity index (χ1n) is 5.65. The molecule has 0 amide bonds. The molecule has 3 nitrogen and oxygen atoms in total. The summed E-state index contributed by atoms with van der Waals surface area (Å²) in [6.45, 7) is 0. The molecule has 0 bridgehead atoms. The Morgan fingerprint density at radius 3 is 2.82 bits per heavy atom. The van der Waals surface area contributed by atoms with E-state index in [1.165, 1.54) is 6.07 Å². The van der Waals surface area contributed by atoms with E-state index in [0.717, 1.165) is 24.0 Å². The van der Waals surface area contributed by atoms with Crippen molar-refractivity contribution in [3.05, 3.63) is 53.6 Å². The summed E-state index contributed by atoms with van der Waals surface area (Å²) in [5.74, 6) is 0.482. The summed E-state index contributed by atoms with van der Waals surface area (Å²) in [6, 6.07) is 7.11. The molecule has 0 unspecified atom stereocenters. The Balaban J connectivity index is 1.87. The van der Waals surface area contributed by atoms with Gasteiger partial charge in [0.15, 0.2) is 0 Å². The Morgan fingerprint density at radius 2 is 2.00 bits per heavy atom. The number of nitrogens with zero attached hydrogens (tertiary/aromatic N) is 2. The van der Waals surface area contributed by atoms with Gasteiger partial charge in [-0.1, -0.05) is 12.1 Å². The third-order valence-corrected chi connectivity index (χ3v) is 3.08. The fourth-order valence-electron chi connectivity index (χ4n) is 2.29. The summed E-state index contributed by atoms with van der Waals surface area (Å²) in [7, 11) is 0. The monoisotopic (exact) mass is 229 g/mol. The summed E-state index contributed by atoms with van der Waals surface area (Å²) in [5.41, 5.74) is 1.85. The van der Waals surface area contributed by atoms with E-state index in [2.05, 4.69) is 15.3 Å². The van der Waals surface area contributed by atoms with E-state index in [0.29, 0.717) is 5.95 Å². The highest BCUT2D eigenvalue weighted by Gasteiger charge is 2.24. The van der Waals surface area contributed by atoms with Crippen LogP contribution in [0.3, 0.4) is 0 Å². The highest BCUT2D eigenvalue weighted by Crippen LogP contribution is 2.34. The number of benzene rings is 1. The molecule has 4 heteroatoms. The molecule has 2 aromatic rings. The van der Waals surface area contributed by atoms with E-state index in [-0.39, 0.29) is 11.9 Å². The van der Waals surface area contributed by atoms with Crippen LogP contribution in [-0.4, -0.2) is 9.97 Å². The third-order valence-electron chi connectivity index (χ3n) is 3.08. The zero-order valence-electron chi connectivity index (χ0n) is 9.23. The second-order valence-corrected chi connectivity index (χ2v) is 4.12. The van der Waals surface area contributed by atoms with Crippen molar-refractivity contribution in [1.82, 2.24) is 9.97 Å². The molecular formula is C13H12FN3. The number of aromatic nitrogens is 2. The number of rotatable bonds is 2.